The SMILES string of the molecule is COc1ccc(NC(=O)CCN2CCC(N(C)CC(=O)O)CC2)cc1.Cl. The minimum Gasteiger partial charge on any atom is -0.497 e. The van der Waals surface area contributed by atoms with Gasteiger partial charge in [0.2, 0.25) is 5.91 Å². The Morgan fingerprint density at radius 3 is 2.42 bits per heavy atom. The van der Waals surface area contributed by atoms with Crippen LogP contribution in [0.15, 0.2) is 24.3 Å². The highest BCUT2D eigenvalue weighted by atomic mass is 35.5. The molecule has 1 heterocycles. The zero-order valence-corrected chi connectivity index (χ0v) is 16.1. The van der Waals surface area contributed by atoms with Crippen LogP contribution in [0.3, 0.4) is 0 Å². The van der Waals surface area contributed by atoms with Crippen molar-refractivity contribution in [2.45, 2.75) is 25.3 Å². The number of carboxylic acids is 1. The Balaban J connectivity index is 0.00000338. The predicted molar refractivity (Wildman–Crippen MR) is 103 cm³/mol. The number of piperidine rings is 1. The molecule has 0 saturated carbocycles. The number of ether oxygens (including phenoxy) is 1. The quantitative estimate of drug-likeness (QED) is 0.711. The van der Waals surface area contributed by atoms with Gasteiger partial charge in [-0.2, -0.15) is 0 Å². The maximum atomic E-state index is 12.1. The zero-order chi connectivity index (χ0) is 18.2. The van der Waals surface area contributed by atoms with E-state index in [0.29, 0.717) is 12.5 Å². The summed E-state index contributed by atoms with van der Waals surface area (Å²) in [6, 6.07) is 7.57. The maximum Gasteiger partial charge on any atom is 0.317 e. The Kier molecular flexibility index (Phi) is 9.40. The van der Waals surface area contributed by atoms with Crippen LogP contribution in [0.2, 0.25) is 0 Å². The van der Waals surface area contributed by atoms with Crippen molar-refractivity contribution in [1.82, 2.24) is 9.80 Å². The van der Waals surface area contributed by atoms with Crippen LogP contribution >= 0.6 is 12.4 Å². The highest BCUT2D eigenvalue weighted by Gasteiger charge is 2.23. The number of aliphatic carboxylic acids is 1. The summed E-state index contributed by atoms with van der Waals surface area (Å²) < 4.78 is 5.09. The van der Waals surface area contributed by atoms with Gasteiger partial charge in [-0.15, -0.1) is 12.4 Å². The number of methoxy groups -OCH3 is 1. The van der Waals surface area contributed by atoms with Gasteiger partial charge < -0.3 is 20.1 Å². The number of nitrogens with zero attached hydrogens (tertiary/aromatic N) is 2. The lowest BCUT2D eigenvalue weighted by molar-refractivity contribution is -0.138. The molecule has 0 unspecified atom stereocenters. The van der Waals surface area contributed by atoms with Crippen molar-refractivity contribution in [3.05, 3.63) is 24.3 Å². The van der Waals surface area contributed by atoms with E-state index in [1.165, 1.54) is 0 Å². The lowest BCUT2D eigenvalue weighted by Crippen LogP contribution is -2.45. The van der Waals surface area contributed by atoms with Gasteiger partial charge >= 0.3 is 5.97 Å². The molecular weight excluding hydrogens is 358 g/mol. The summed E-state index contributed by atoms with van der Waals surface area (Å²) in [7, 11) is 3.47. The number of anilines is 1. The summed E-state index contributed by atoms with van der Waals surface area (Å²) in [5, 5.41) is 11.7. The van der Waals surface area contributed by atoms with Crippen molar-refractivity contribution in [2.75, 3.05) is 45.7 Å². The number of carboxylic acid groups (broad SMARTS) is 1. The molecule has 2 rings (SSSR count). The normalized spacial score (nSPS) is 15.3. The Labute approximate surface area is 160 Å². The molecule has 146 valence electrons. The van der Waals surface area contributed by atoms with Gasteiger partial charge in [0, 0.05) is 24.7 Å². The standard InChI is InChI=1S/C18H27N3O4.ClH/c1-20(13-18(23)24)15-7-10-21(11-8-15)12-9-17(22)19-14-3-5-16(25-2)6-4-14;/h3-6,15H,7-13H2,1-2H3,(H,19,22)(H,23,24);1H. The smallest absolute Gasteiger partial charge is 0.317 e. The maximum absolute atomic E-state index is 12.1. The van der Waals surface area contributed by atoms with Crippen LogP contribution in [0.1, 0.15) is 19.3 Å². The number of nitrogens with one attached hydrogen (secondary N) is 1. The second kappa shape index (κ2) is 11.0. The van der Waals surface area contributed by atoms with Crippen molar-refractivity contribution in [2.24, 2.45) is 0 Å². The number of benzene rings is 1. The van der Waals surface area contributed by atoms with Crippen LogP contribution in [0.4, 0.5) is 5.69 Å². The van der Waals surface area contributed by atoms with Crippen LogP contribution in [0.5, 0.6) is 5.75 Å². The molecule has 0 bridgehead atoms. The average molecular weight is 386 g/mol. The van der Waals surface area contributed by atoms with E-state index in [4.69, 9.17) is 9.84 Å². The number of carbonyl (C=O) groups is 2. The Morgan fingerprint density at radius 1 is 1.27 bits per heavy atom. The highest BCUT2D eigenvalue weighted by molar-refractivity contribution is 5.90. The van der Waals surface area contributed by atoms with E-state index in [9.17, 15) is 9.59 Å². The van der Waals surface area contributed by atoms with E-state index < -0.39 is 5.97 Å². The number of hydrogen-bond acceptors (Lipinski definition) is 5. The first-order chi connectivity index (χ1) is 12.0. The molecule has 0 atom stereocenters. The third-order valence-corrected chi connectivity index (χ3v) is 4.59. The third kappa shape index (κ3) is 7.19. The predicted octanol–water partition coefficient (Wildman–Crippen LogP) is 1.93. The van der Waals surface area contributed by atoms with Crippen molar-refractivity contribution < 1.29 is 19.4 Å². The first-order valence-corrected chi connectivity index (χ1v) is 8.56. The molecule has 1 saturated heterocycles. The number of hydrogen-bond donors (Lipinski definition) is 2. The molecule has 1 aromatic rings. The molecule has 0 aromatic heterocycles. The minimum atomic E-state index is -0.792. The van der Waals surface area contributed by atoms with Crippen LogP contribution in [-0.2, 0) is 9.59 Å². The van der Waals surface area contributed by atoms with Crippen molar-refractivity contribution >= 4 is 30.0 Å². The van der Waals surface area contributed by atoms with Crippen LogP contribution < -0.4 is 10.1 Å². The summed E-state index contributed by atoms with van der Waals surface area (Å²) in [5.41, 5.74) is 0.764. The van der Waals surface area contributed by atoms with Gasteiger partial charge in [-0.05, 0) is 57.2 Å². The number of likely N-dealkylation sites (N-methyl/N-ethyl adjacent to an activating group) is 1. The topological polar surface area (TPSA) is 82.1 Å². The molecule has 1 fully saturated rings. The van der Waals surface area contributed by atoms with E-state index >= 15 is 0 Å². The van der Waals surface area contributed by atoms with E-state index in [1.807, 2.05) is 36.2 Å². The van der Waals surface area contributed by atoms with Crippen LogP contribution in [-0.4, -0.2) is 73.2 Å². The molecule has 0 aliphatic carbocycles. The number of carbonyl (C=O) groups excluding carboxylic acids is 1. The molecule has 2 N–H and O–H groups in total. The van der Waals surface area contributed by atoms with Gasteiger partial charge in [-0.25, -0.2) is 0 Å². The average Bonchev–Trinajstić information content (AvgIpc) is 2.60. The first kappa shape index (κ1) is 22.2. The van der Waals surface area contributed by atoms with Gasteiger partial charge in [0.05, 0.1) is 13.7 Å². The number of rotatable bonds is 8. The van der Waals surface area contributed by atoms with Crippen molar-refractivity contribution in [3.63, 3.8) is 0 Å². The molecule has 1 aliphatic rings. The fourth-order valence-electron chi connectivity index (χ4n) is 3.08. The lowest BCUT2D eigenvalue weighted by atomic mass is 10.0. The zero-order valence-electron chi connectivity index (χ0n) is 15.3. The molecule has 1 aliphatic heterocycles. The van der Waals surface area contributed by atoms with Crippen molar-refractivity contribution in [1.29, 1.82) is 0 Å². The van der Waals surface area contributed by atoms with Gasteiger partial charge in [0.25, 0.3) is 0 Å². The molecular formula is C18H28ClN3O4. The number of amides is 1. The second-order valence-electron chi connectivity index (χ2n) is 6.41. The van der Waals surface area contributed by atoms with Gasteiger partial charge in [-0.1, -0.05) is 0 Å². The van der Waals surface area contributed by atoms with Gasteiger partial charge in [0.15, 0.2) is 0 Å². The fraction of sp³-hybridized carbons (Fsp3) is 0.556. The summed E-state index contributed by atoms with van der Waals surface area (Å²) in [4.78, 5) is 27.0. The van der Waals surface area contributed by atoms with E-state index in [1.54, 1.807) is 7.11 Å². The number of halogens is 1. The van der Waals surface area contributed by atoms with Gasteiger partial charge in [-0.3, -0.25) is 14.5 Å². The molecule has 0 spiro atoms. The molecule has 0 radical (unpaired) electrons. The summed E-state index contributed by atoms with van der Waals surface area (Å²) >= 11 is 0. The largest absolute Gasteiger partial charge is 0.497 e. The summed E-state index contributed by atoms with van der Waals surface area (Å²) in [6.45, 7) is 2.58. The van der Waals surface area contributed by atoms with Gasteiger partial charge in [0.1, 0.15) is 5.75 Å². The minimum absolute atomic E-state index is 0. The first-order valence-electron chi connectivity index (χ1n) is 8.56. The Hall–Kier alpha value is -1.83. The highest BCUT2D eigenvalue weighted by Crippen LogP contribution is 2.17. The monoisotopic (exact) mass is 385 g/mol. The lowest BCUT2D eigenvalue weighted by Gasteiger charge is -2.36. The Morgan fingerprint density at radius 2 is 1.88 bits per heavy atom. The molecule has 8 heteroatoms. The van der Waals surface area contributed by atoms with E-state index in [-0.39, 0.29) is 24.9 Å². The molecule has 1 aromatic carbocycles. The van der Waals surface area contributed by atoms with Crippen LogP contribution in [0, 0.1) is 0 Å². The fourth-order valence-corrected chi connectivity index (χ4v) is 3.08. The summed E-state index contributed by atoms with van der Waals surface area (Å²) in [6.07, 6.45) is 2.31. The van der Waals surface area contributed by atoms with Crippen molar-refractivity contribution in [3.8, 4) is 5.75 Å². The Bertz CT molecular complexity index is 574. The van der Waals surface area contributed by atoms with E-state index in [0.717, 1.165) is 43.9 Å². The molecule has 7 nitrogen and oxygen atoms in total. The molecule has 1 amide bonds. The number of likely N-dealkylation sites (tertiary alicyclic amines) is 1. The molecule has 26 heavy (non-hydrogen) atoms. The van der Waals surface area contributed by atoms with E-state index in [2.05, 4.69) is 10.2 Å². The summed E-state index contributed by atoms with van der Waals surface area (Å²) in [5.74, 6) is -0.0378. The third-order valence-electron chi connectivity index (χ3n) is 4.59. The second-order valence-corrected chi connectivity index (χ2v) is 6.41. The van der Waals surface area contributed by atoms with Crippen LogP contribution in [0.25, 0.3) is 0 Å².